The largest absolute Gasteiger partial charge is 0.361 e. The first-order valence-electron chi connectivity index (χ1n) is 13.8. The van der Waals surface area contributed by atoms with Crippen LogP contribution in [0.15, 0.2) is 114 Å². The Morgan fingerprint density at radius 3 is 2.43 bits per heavy atom. The number of hydrogen-bond acceptors (Lipinski definition) is 4. The van der Waals surface area contributed by atoms with Crippen LogP contribution in [0, 0.1) is 0 Å². The summed E-state index contributed by atoms with van der Waals surface area (Å²) < 4.78 is 0. The first kappa shape index (κ1) is 30.9. The molecule has 1 unspecified atom stereocenters. The van der Waals surface area contributed by atoms with Crippen LogP contribution in [0.5, 0.6) is 0 Å². The third-order valence-corrected chi connectivity index (χ3v) is 8.87. The second-order valence-corrected chi connectivity index (χ2v) is 11.8. The molecule has 0 bridgehead atoms. The first-order chi connectivity index (χ1) is 21.3. The predicted molar refractivity (Wildman–Crippen MR) is 180 cm³/mol. The molecule has 4 aromatic carbocycles. The molecule has 0 aliphatic heterocycles. The van der Waals surface area contributed by atoms with E-state index in [1.807, 2.05) is 43.3 Å². The van der Waals surface area contributed by atoms with Crippen molar-refractivity contribution in [3.05, 3.63) is 130 Å². The van der Waals surface area contributed by atoms with Crippen LogP contribution in [0.25, 0.3) is 17.0 Å². The van der Waals surface area contributed by atoms with Crippen molar-refractivity contribution >= 4 is 81.0 Å². The zero-order chi connectivity index (χ0) is 31.1. The van der Waals surface area contributed by atoms with E-state index in [0.29, 0.717) is 28.4 Å². The summed E-state index contributed by atoms with van der Waals surface area (Å²) in [6, 6.07) is 28.6. The molecule has 0 radical (unpaired) electrons. The van der Waals surface area contributed by atoms with Crippen molar-refractivity contribution in [2.45, 2.75) is 23.5 Å². The van der Waals surface area contributed by atoms with E-state index in [4.69, 9.17) is 23.2 Å². The minimum Gasteiger partial charge on any atom is -0.361 e. The lowest BCUT2D eigenvalue weighted by molar-refractivity contribution is -0.116. The van der Waals surface area contributed by atoms with Gasteiger partial charge < -0.3 is 20.9 Å². The smallest absolute Gasteiger partial charge is 0.272 e. The van der Waals surface area contributed by atoms with Gasteiger partial charge in [-0.3, -0.25) is 14.4 Å². The summed E-state index contributed by atoms with van der Waals surface area (Å²) in [5.74, 6) is -1.13. The maximum Gasteiger partial charge on any atom is 0.272 e. The number of carbonyl (C=O) groups excluding carboxylic acids is 3. The summed E-state index contributed by atoms with van der Waals surface area (Å²) in [5.41, 5.74) is 3.10. The average molecular weight is 644 g/mol. The second-order valence-electron chi connectivity index (χ2n) is 9.76. The number of rotatable bonds is 10. The highest BCUT2D eigenvalue weighted by Crippen LogP contribution is 2.32. The van der Waals surface area contributed by atoms with Crippen molar-refractivity contribution in [2.75, 3.05) is 10.6 Å². The van der Waals surface area contributed by atoms with Gasteiger partial charge in [0.1, 0.15) is 5.70 Å². The molecule has 1 atom stereocenters. The summed E-state index contributed by atoms with van der Waals surface area (Å²) in [7, 11) is 0. The molecule has 1 aromatic heterocycles. The highest BCUT2D eigenvalue weighted by atomic mass is 35.5. The molecule has 5 rings (SSSR count). The molecule has 44 heavy (non-hydrogen) atoms. The van der Waals surface area contributed by atoms with E-state index >= 15 is 0 Å². The van der Waals surface area contributed by atoms with Crippen LogP contribution < -0.4 is 16.0 Å². The molecule has 1 heterocycles. The number of nitrogens with one attached hydrogen (secondary N) is 4. The predicted octanol–water partition coefficient (Wildman–Crippen LogP) is 8.39. The molecule has 0 fully saturated rings. The molecule has 0 aliphatic carbocycles. The fourth-order valence-corrected chi connectivity index (χ4v) is 5.82. The van der Waals surface area contributed by atoms with Crippen molar-refractivity contribution in [2.24, 2.45) is 0 Å². The fourth-order valence-electron chi connectivity index (χ4n) is 4.46. The third kappa shape index (κ3) is 7.52. The zero-order valence-corrected chi connectivity index (χ0v) is 25.9. The minimum absolute atomic E-state index is 0.0749. The molecule has 7 nitrogen and oxygen atoms in total. The maximum absolute atomic E-state index is 13.6. The van der Waals surface area contributed by atoms with E-state index < -0.39 is 17.1 Å². The number of amides is 3. The second kappa shape index (κ2) is 14.3. The van der Waals surface area contributed by atoms with Crippen molar-refractivity contribution in [3.8, 4) is 0 Å². The quantitative estimate of drug-likeness (QED) is 0.0907. The Labute approximate surface area is 269 Å². The Morgan fingerprint density at radius 1 is 0.886 bits per heavy atom. The van der Waals surface area contributed by atoms with Crippen LogP contribution >= 0.6 is 35.0 Å². The summed E-state index contributed by atoms with van der Waals surface area (Å²) in [4.78, 5) is 43.7. The zero-order valence-electron chi connectivity index (χ0n) is 23.6. The van der Waals surface area contributed by atoms with Crippen LogP contribution in [-0.4, -0.2) is 28.0 Å². The van der Waals surface area contributed by atoms with Crippen molar-refractivity contribution in [3.63, 3.8) is 0 Å². The van der Waals surface area contributed by atoms with E-state index in [1.165, 1.54) is 11.8 Å². The summed E-state index contributed by atoms with van der Waals surface area (Å²) in [6.45, 7) is 1.92. The van der Waals surface area contributed by atoms with Gasteiger partial charge in [-0.15, -0.1) is 11.8 Å². The van der Waals surface area contributed by atoms with Crippen LogP contribution in [0.3, 0.4) is 0 Å². The van der Waals surface area contributed by atoms with Crippen LogP contribution in [-0.2, 0) is 9.59 Å². The monoisotopic (exact) mass is 642 g/mol. The molecule has 0 saturated carbocycles. The van der Waals surface area contributed by atoms with Crippen molar-refractivity contribution in [1.29, 1.82) is 0 Å². The molecule has 0 aliphatic rings. The highest BCUT2D eigenvalue weighted by Gasteiger charge is 2.21. The molecular formula is C34H28Cl2N4O3S. The molecule has 0 saturated heterocycles. The SMILES string of the molecule is CCC(Sc1cccc(NC(=O)/C(=C/c2c[nH]c3ccccc23)NC(=O)c2ccccc2)c1)C(=O)Nc1cccc(Cl)c1Cl. The number of hydrogen-bond donors (Lipinski definition) is 4. The van der Waals surface area contributed by atoms with Gasteiger partial charge in [0.05, 0.1) is 21.0 Å². The van der Waals surface area contributed by atoms with Crippen molar-refractivity contribution in [1.82, 2.24) is 10.3 Å². The number of aromatic amines is 1. The highest BCUT2D eigenvalue weighted by molar-refractivity contribution is 8.00. The van der Waals surface area contributed by atoms with E-state index in [0.717, 1.165) is 21.4 Å². The lowest BCUT2D eigenvalue weighted by Crippen LogP contribution is -2.30. The molecular weight excluding hydrogens is 615 g/mol. The first-order valence-corrected chi connectivity index (χ1v) is 15.4. The van der Waals surface area contributed by atoms with Gasteiger partial charge >= 0.3 is 0 Å². The molecule has 10 heteroatoms. The van der Waals surface area contributed by atoms with Gasteiger partial charge in [0.2, 0.25) is 5.91 Å². The van der Waals surface area contributed by atoms with Gasteiger partial charge in [-0.05, 0) is 61.0 Å². The fraction of sp³-hybridized carbons (Fsp3) is 0.0882. The average Bonchev–Trinajstić information content (AvgIpc) is 3.45. The van der Waals surface area contributed by atoms with Crippen LogP contribution in [0.1, 0.15) is 29.3 Å². The molecule has 5 aromatic rings. The number of H-pyrrole nitrogens is 1. The lowest BCUT2D eigenvalue weighted by atomic mass is 10.1. The Morgan fingerprint density at radius 2 is 1.64 bits per heavy atom. The number of para-hydroxylation sites is 1. The van der Waals surface area contributed by atoms with E-state index in [-0.39, 0.29) is 16.6 Å². The Balaban J connectivity index is 1.35. The number of aromatic nitrogens is 1. The number of anilines is 2. The Hall–Kier alpha value is -4.50. The molecule has 4 N–H and O–H groups in total. The maximum atomic E-state index is 13.6. The Kier molecular flexibility index (Phi) is 10.1. The molecule has 3 amide bonds. The summed E-state index contributed by atoms with van der Waals surface area (Å²) in [6.07, 6.45) is 3.98. The molecule has 222 valence electrons. The summed E-state index contributed by atoms with van der Waals surface area (Å²) in [5, 5.41) is 9.64. The topological polar surface area (TPSA) is 103 Å². The number of carbonyl (C=O) groups is 3. The molecule has 0 spiro atoms. The van der Waals surface area contributed by atoms with E-state index in [2.05, 4.69) is 20.9 Å². The normalized spacial score (nSPS) is 12.0. The van der Waals surface area contributed by atoms with Gasteiger partial charge in [-0.1, -0.05) is 78.7 Å². The third-order valence-electron chi connectivity index (χ3n) is 6.69. The number of fused-ring (bicyclic) bond motifs is 1. The van der Waals surface area contributed by atoms with Crippen LogP contribution in [0.4, 0.5) is 11.4 Å². The van der Waals surface area contributed by atoms with E-state index in [9.17, 15) is 14.4 Å². The number of benzene rings is 4. The summed E-state index contributed by atoms with van der Waals surface area (Å²) >= 11 is 13.7. The van der Waals surface area contributed by atoms with E-state index in [1.54, 1.807) is 72.9 Å². The van der Waals surface area contributed by atoms with Gasteiger partial charge in [-0.2, -0.15) is 0 Å². The van der Waals surface area contributed by atoms with Crippen molar-refractivity contribution < 1.29 is 14.4 Å². The van der Waals surface area contributed by atoms with Crippen LogP contribution in [0.2, 0.25) is 10.0 Å². The minimum atomic E-state index is -0.498. The number of halogens is 2. The van der Waals surface area contributed by atoms with Gasteiger partial charge in [-0.25, -0.2) is 0 Å². The number of thioether (sulfide) groups is 1. The van der Waals surface area contributed by atoms with Gasteiger partial charge in [0, 0.05) is 38.8 Å². The van der Waals surface area contributed by atoms with Gasteiger partial charge in [0.15, 0.2) is 0 Å². The lowest BCUT2D eigenvalue weighted by Gasteiger charge is -2.16. The van der Waals surface area contributed by atoms with Gasteiger partial charge in [0.25, 0.3) is 11.8 Å². The standard InChI is InChI=1S/C34H28Cl2N4O3S/c1-2-30(34(43)39-28-17-9-15-26(35)31(28)36)44-24-13-8-12-23(19-24)38-33(42)29(40-32(41)21-10-4-3-5-11-21)18-22-20-37-27-16-7-6-14-25(22)27/h3-20,30,37H,2H2,1H3,(H,38,42)(H,39,43)(H,40,41)/b29-18-. The Bertz CT molecular complexity index is 1860.